The third-order valence-electron chi connectivity index (χ3n) is 4.26. The van der Waals surface area contributed by atoms with Crippen LogP contribution in [0.5, 0.6) is 0 Å². The molecule has 0 atom stereocenters. The van der Waals surface area contributed by atoms with E-state index in [0.717, 1.165) is 25.9 Å². The fourth-order valence-electron chi connectivity index (χ4n) is 3.04. The molecule has 3 nitrogen and oxygen atoms in total. The van der Waals surface area contributed by atoms with Crippen LogP contribution in [-0.2, 0) is 4.79 Å². The molecule has 0 bridgehead atoms. The van der Waals surface area contributed by atoms with Crippen LogP contribution in [0.2, 0.25) is 0 Å². The van der Waals surface area contributed by atoms with E-state index in [2.05, 4.69) is 44.8 Å². The van der Waals surface area contributed by atoms with E-state index >= 15 is 0 Å². The van der Waals surface area contributed by atoms with Crippen LogP contribution >= 0.6 is 0 Å². The monoisotopic (exact) mass is 240 g/mol. The van der Waals surface area contributed by atoms with Crippen LogP contribution < -0.4 is 5.32 Å². The molecule has 3 heteroatoms. The molecule has 1 aliphatic heterocycles. The van der Waals surface area contributed by atoms with E-state index in [1.54, 1.807) is 0 Å². The van der Waals surface area contributed by atoms with Crippen LogP contribution in [0, 0.1) is 0 Å². The average Bonchev–Trinajstić information content (AvgIpc) is 2.31. The number of hydrogen-bond donors (Lipinski definition) is 1. The second-order valence-corrected chi connectivity index (χ2v) is 5.74. The third-order valence-corrected chi connectivity index (χ3v) is 4.26. The highest BCUT2D eigenvalue weighted by molar-refractivity contribution is 5.87. The smallest absolute Gasteiger partial charge is 0.240 e. The third kappa shape index (κ3) is 2.49. The van der Waals surface area contributed by atoms with Crippen LogP contribution in [0.15, 0.2) is 0 Å². The predicted molar refractivity (Wildman–Crippen MR) is 72.0 cm³/mol. The average molecular weight is 240 g/mol. The molecule has 1 aliphatic rings. The summed E-state index contributed by atoms with van der Waals surface area (Å²) in [5, 5.41) is 3.09. The van der Waals surface area contributed by atoms with Gasteiger partial charge in [-0.2, -0.15) is 0 Å². The molecule has 1 rings (SSSR count). The highest BCUT2D eigenvalue weighted by Crippen LogP contribution is 2.34. The molecule has 1 heterocycles. The standard InChI is InChI=1S/C14H28N2O/c1-6-9-10-16-13(4,5)11-15-12(17)14(16,7-2)8-3/h6-11H2,1-5H3,(H,15,17). The highest BCUT2D eigenvalue weighted by Gasteiger charge is 2.50. The Hall–Kier alpha value is -0.570. The summed E-state index contributed by atoms with van der Waals surface area (Å²) in [7, 11) is 0. The maximum absolute atomic E-state index is 12.3. The maximum atomic E-state index is 12.3. The summed E-state index contributed by atoms with van der Waals surface area (Å²) in [6.07, 6.45) is 4.13. The number of unbranched alkanes of at least 4 members (excludes halogenated alkanes) is 1. The van der Waals surface area contributed by atoms with Gasteiger partial charge in [-0.25, -0.2) is 0 Å². The second-order valence-electron chi connectivity index (χ2n) is 5.74. The normalized spacial score (nSPS) is 23.5. The van der Waals surface area contributed by atoms with Crippen LogP contribution in [0.25, 0.3) is 0 Å². The number of carbonyl (C=O) groups excluding carboxylic acids is 1. The van der Waals surface area contributed by atoms with Gasteiger partial charge in [0.2, 0.25) is 5.91 Å². The first kappa shape index (κ1) is 14.5. The van der Waals surface area contributed by atoms with E-state index < -0.39 is 0 Å². The lowest BCUT2D eigenvalue weighted by Gasteiger charge is -2.54. The first-order valence-electron chi connectivity index (χ1n) is 7.00. The van der Waals surface area contributed by atoms with E-state index in [1.165, 1.54) is 12.8 Å². The molecule has 1 N–H and O–H groups in total. The Balaban J connectivity index is 3.04. The van der Waals surface area contributed by atoms with Crippen LogP contribution in [-0.4, -0.2) is 35.0 Å². The van der Waals surface area contributed by atoms with Gasteiger partial charge in [0.1, 0.15) is 5.54 Å². The van der Waals surface area contributed by atoms with Gasteiger partial charge in [0.25, 0.3) is 0 Å². The minimum atomic E-state index is -0.295. The van der Waals surface area contributed by atoms with Crippen molar-refractivity contribution >= 4 is 5.91 Å². The Morgan fingerprint density at radius 3 is 2.29 bits per heavy atom. The van der Waals surface area contributed by atoms with Crippen molar-refractivity contribution in [1.82, 2.24) is 10.2 Å². The van der Waals surface area contributed by atoms with Gasteiger partial charge in [0.05, 0.1) is 0 Å². The molecule has 0 aromatic rings. The van der Waals surface area contributed by atoms with Gasteiger partial charge in [0, 0.05) is 12.1 Å². The lowest BCUT2D eigenvalue weighted by atomic mass is 9.81. The molecule has 1 amide bonds. The maximum Gasteiger partial charge on any atom is 0.240 e. The molecule has 0 radical (unpaired) electrons. The fraction of sp³-hybridized carbons (Fsp3) is 0.929. The summed E-state index contributed by atoms with van der Waals surface area (Å²) in [6, 6.07) is 0. The molecule has 17 heavy (non-hydrogen) atoms. The summed E-state index contributed by atoms with van der Waals surface area (Å²) in [5.41, 5.74) is -0.230. The summed E-state index contributed by atoms with van der Waals surface area (Å²) in [5.74, 6) is 0.220. The van der Waals surface area contributed by atoms with E-state index in [4.69, 9.17) is 0 Å². The first-order valence-corrected chi connectivity index (χ1v) is 7.00. The largest absolute Gasteiger partial charge is 0.353 e. The van der Waals surface area contributed by atoms with Crippen LogP contribution in [0.4, 0.5) is 0 Å². The summed E-state index contributed by atoms with van der Waals surface area (Å²) in [4.78, 5) is 14.7. The number of piperazine rings is 1. The molecular weight excluding hydrogens is 212 g/mol. The number of nitrogens with zero attached hydrogens (tertiary/aromatic N) is 1. The Morgan fingerprint density at radius 1 is 1.24 bits per heavy atom. The fourth-order valence-corrected chi connectivity index (χ4v) is 3.04. The summed E-state index contributed by atoms with van der Waals surface area (Å²) in [6.45, 7) is 12.7. The molecule has 100 valence electrons. The Labute approximate surface area is 106 Å². The van der Waals surface area contributed by atoms with Crippen molar-refractivity contribution in [1.29, 1.82) is 0 Å². The van der Waals surface area contributed by atoms with Gasteiger partial charge in [-0.05, 0) is 39.7 Å². The zero-order valence-corrected chi connectivity index (χ0v) is 12.1. The first-order chi connectivity index (χ1) is 7.94. The Morgan fingerprint density at radius 2 is 1.82 bits per heavy atom. The van der Waals surface area contributed by atoms with Crippen molar-refractivity contribution in [3.05, 3.63) is 0 Å². The lowest BCUT2D eigenvalue weighted by molar-refractivity contribution is -0.147. The molecule has 0 aromatic heterocycles. The number of carbonyl (C=O) groups is 1. The van der Waals surface area contributed by atoms with Crippen LogP contribution in [0.1, 0.15) is 60.3 Å². The van der Waals surface area contributed by atoms with Gasteiger partial charge >= 0.3 is 0 Å². The van der Waals surface area contributed by atoms with Crippen molar-refractivity contribution in [2.45, 2.75) is 71.4 Å². The summed E-state index contributed by atoms with van der Waals surface area (Å²) >= 11 is 0. The number of nitrogens with one attached hydrogen (secondary N) is 1. The molecular formula is C14H28N2O. The molecule has 0 unspecified atom stereocenters. The van der Waals surface area contributed by atoms with Gasteiger partial charge in [-0.1, -0.05) is 27.2 Å². The molecule has 0 aliphatic carbocycles. The number of amides is 1. The van der Waals surface area contributed by atoms with Crippen molar-refractivity contribution < 1.29 is 4.79 Å². The topological polar surface area (TPSA) is 32.3 Å². The quantitative estimate of drug-likeness (QED) is 0.801. The number of rotatable bonds is 5. The second kappa shape index (κ2) is 5.38. The Bertz CT molecular complexity index is 269. The summed E-state index contributed by atoms with van der Waals surface area (Å²) < 4.78 is 0. The zero-order valence-electron chi connectivity index (χ0n) is 12.1. The zero-order chi connectivity index (χ0) is 13.1. The van der Waals surface area contributed by atoms with Crippen molar-refractivity contribution in [3.8, 4) is 0 Å². The SMILES string of the molecule is CCCCN1C(C)(C)CNC(=O)C1(CC)CC. The molecule has 0 spiro atoms. The molecule has 1 fully saturated rings. The van der Waals surface area contributed by atoms with Gasteiger partial charge in [0.15, 0.2) is 0 Å². The van der Waals surface area contributed by atoms with Crippen molar-refractivity contribution in [2.75, 3.05) is 13.1 Å². The predicted octanol–water partition coefficient (Wildman–Crippen LogP) is 2.56. The van der Waals surface area contributed by atoms with E-state index in [0.29, 0.717) is 0 Å². The highest BCUT2D eigenvalue weighted by atomic mass is 16.2. The van der Waals surface area contributed by atoms with Gasteiger partial charge in [-0.3, -0.25) is 9.69 Å². The van der Waals surface area contributed by atoms with Crippen LogP contribution in [0.3, 0.4) is 0 Å². The van der Waals surface area contributed by atoms with Gasteiger partial charge in [-0.15, -0.1) is 0 Å². The minimum Gasteiger partial charge on any atom is -0.353 e. The molecule has 0 aromatic carbocycles. The van der Waals surface area contributed by atoms with Crippen molar-refractivity contribution in [2.24, 2.45) is 0 Å². The minimum absolute atomic E-state index is 0.0646. The van der Waals surface area contributed by atoms with Crippen molar-refractivity contribution in [3.63, 3.8) is 0 Å². The lowest BCUT2D eigenvalue weighted by Crippen LogP contribution is -2.72. The molecule has 1 saturated heterocycles. The van der Waals surface area contributed by atoms with E-state index in [-0.39, 0.29) is 17.0 Å². The number of hydrogen-bond acceptors (Lipinski definition) is 2. The van der Waals surface area contributed by atoms with E-state index in [1.807, 2.05) is 0 Å². The Kier molecular flexibility index (Phi) is 4.59. The van der Waals surface area contributed by atoms with E-state index in [9.17, 15) is 4.79 Å². The molecule has 0 saturated carbocycles. The van der Waals surface area contributed by atoms with Gasteiger partial charge < -0.3 is 5.32 Å².